The first-order valence-electron chi connectivity index (χ1n) is 8.47. The second-order valence-corrected chi connectivity index (χ2v) is 6.31. The normalized spacial score (nSPS) is 10.3. The third kappa shape index (κ3) is 5.33. The summed E-state index contributed by atoms with van der Waals surface area (Å²) in [5, 5.41) is 0. The topological polar surface area (TPSA) is 61.8 Å². The Hall–Kier alpha value is -2.34. The molecule has 0 spiro atoms. The van der Waals surface area contributed by atoms with Gasteiger partial charge in [0, 0.05) is 0 Å². The third-order valence-electron chi connectivity index (χ3n) is 3.51. The maximum absolute atomic E-state index is 12.4. The number of carbonyl (C=O) groups excluding carboxylic acids is 2. The molecule has 0 unspecified atom stereocenters. The molecule has 0 aliphatic rings. The molecule has 0 fully saturated rings. The minimum atomic E-state index is -0.567. The second kappa shape index (κ2) is 9.97. The van der Waals surface area contributed by atoms with Crippen LogP contribution in [0.4, 0.5) is 0 Å². The van der Waals surface area contributed by atoms with Gasteiger partial charge in [-0.2, -0.15) is 0 Å². The first kappa shape index (κ1) is 20.0. The van der Waals surface area contributed by atoms with Crippen LogP contribution in [0.1, 0.15) is 47.4 Å². The van der Waals surface area contributed by atoms with E-state index in [1.165, 1.54) is 0 Å². The van der Waals surface area contributed by atoms with Crippen LogP contribution in [0.3, 0.4) is 0 Å². The van der Waals surface area contributed by atoms with Crippen molar-refractivity contribution in [3.63, 3.8) is 0 Å². The zero-order chi connectivity index (χ0) is 18.9. The van der Waals surface area contributed by atoms with Crippen molar-refractivity contribution in [3.8, 4) is 11.5 Å². The lowest BCUT2D eigenvalue weighted by Crippen LogP contribution is -2.13. The number of ether oxygens (including phenoxy) is 3. The van der Waals surface area contributed by atoms with Crippen LogP contribution in [0, 0.1) is 0 Å². The lowest BCUT2D eigenvalue weighted by Gasteiger charge is -2.11. The number of carbonyl (C=O) groups is 2. The minimum absolute atomic E-state index is 0.162. The smallest absolute Gasteiger partial charge is 0.343 e. The summed E-state index contributed by atoms with van der Waals surface area (Å²) in [6, 6.07) is 11.5. The first-order chi connectivity index (χ1) is 12.6. The summed E-state index contributed by atoms with van der Waals surface area (Å²) in [6.07, 6.45) is 2.00. The van der Waals surface area contributed by atoms with Gasteiger partial charge in [0.1, 0.15) is 17.1 Å². The standard InChI is InChI=1S/C20H21BrO5/c1-3-5-12-25-18-11-10-14(13-16(18)21)19(22)26-17-9-7-6-8-15(17)20(23)24-4-2/h6-11,13H,3-5,12H2,1-2H3. The van der Waals surface area contributed by atoms with E-state index < -0.39 is 11.9 Å². The van der Waals surface area contributed by atoms with Crippen LogP contribution >= 0.6 is 15.9 Å². The Morgan fingerprint density at radius 1 is 1.00 bits per heavy atom. The van der Waals surface area contributed by atoms with E-state index in [4.69, 9.17) is 14.2 Å². The van der Waals surface area contributed by atoms with E-state index in [9.17, 15) is 9.59 Å². The van der Waals surface area contributed by atoms with Gasteiger partial charge in [0.15, 0.2) is 0 Å². The third-order valence-corrected chi connectivity index (χ3v) is 4.13. The lowest BCUT2D eigenvalue weighted by molar-refractivity contribution is 0.0520. The molecular weight excluding hydrogens is 400 g/mol. The number of esters is 2. The van der Waals surface area contributed by atoms with Gasteiger partial charge in [-0.25, -0.2) is 9.59 Å². The Labute approximate surface area is 161 Å². The molecule has 26 heavy (non-hydrogen) atoms. The number of hydrogen-bond donors (Lipinski definition) is 0. The fraction of sp³-hybridized carbons (Fsp3) is 0.300. The summed E-state index contributed by atoms with van der Waals surface area (Å²) >= 11 is 3.40. The predicted molar refractivity (Wildman–Crippen MR) is 102 cm³/mol. The van der Waals surface area contributed by atoms with Crippen LogP contribution < -0.4 is 9.47 Å². The van der Waals surface area contributed by atoms with Gasteiger partial charge in [0.25, 0.3) is 0 Å². The molecule has 0 amide bonds. The van der Waals surface area contributed by atoms with E-state index in [1.807, 2.05) is 0 Å². The Balaban J connectivity index is 2.13. The van der Waals surface area contributed by atoms with Gasteiger partial charge < -0.3 is 14.2 Å². The number of unbranched alkanes of at least 4 members (excludes halogenated alkanes) is 1. The van der Waals surface area contributed by atoms with Crippen molar-refractivity contribution in [2.45, 2.75) is 26.7 Å². The fourth-order valence-electron chi connectivity index (χ4n) is 2.16. The lowest BCUT2D eigenvalue weighted by atomic mass is 10.2. The van der Waals surface area contributed by atoms with Crippen LogP contribution in [-0.4, -0.2) is 25.2 Å². The molecule has 5 nitrogen and oxygen atoms in total. The van der Waals surface area contributed by atoms with Gasteiger partial charge in [-0.15, -0.1) is 0 Å². The van der Waals surface area contributed by atoms with Crippen molar-refractivity contribution in [3.05, 3.63) is 58.1 Å². The molecule has 2 aromatic rings. The Morgan fingerprint density at radius 2 is 1.77 bits per heavy atom. The second-order valence-electron chi connectivity index (χ2n) is 5.45. The molecule has 6 heteroatoms. The maximum atomic E-state index is 12.4. The molecule has 0 saturated carbocycles. The Kier molecular flexibility index (Phi) is 7.66. The van der Waals surface area contributed by atoms with Crippen LogP contribution in [-0.2, 0) is 4.74 Å². The molecule has 0 N–H and O–H groups in total. The molecule has 0 aromatic heterocycles. The van der Waals surface area contributed by atoms with E-state index in [0.717, 1.165) is 12.8 Å². The number of hydrogen-bond acceptors (Lipinski definition) is 5. The van der Waals surface area contributed by atoms with Crippen molar-refractivity contribution in [2.24, 2.45) is 0 Å². The van der Waals surface area contributed by atoms with Gasteiger partial charge in [-0.05, 0) is 59.6 Å². The highest BCUT2D eigenvalue weighted by Gasteiger charge is 2.17. The first-order valence-corrected chi connectivity index (χ1v) is 9.26. The van der Waals surface area contributed by atoms with Gasteiger partial charge in [0.2, 0.25) is 0 Å². The van der Waals surface area contributed by atoms with Crippen molar-refractivity contribution in [1.82, 2.24) is 0 Å². The summed E-state index contributed by atoms with van der Waals surface area (Å²) < 4.78 is 16.7. The fourth-order valence-corrected chi connectivity index (χ4v) is 2.66. The van der Waals surface area contributed by atoms with E-state index in [0.29, 0.717) is 22.4 Å². The van der Waals surface area contributed by atoms with Crippen molar-refractivity contribution < 1.29 is 23.8 Å². The van der Waals surface area contributed by atoms with Crippen LogP contribution in [0.2, 0.25) is 0 Å². The molecule has 0 aliphatic heterocycles. The zero-order valence-electron chi connectivity index (χ0n) is 14.8. The molecule has 2 aromatic carbocycles. The molecule has 0 heterocycles. The summed E-state index contributed by atoms with van der Waals surface area (Å²) in [7, 11) is 0. The summed E-state index contributed by atoms with van der Waals surface area (Å²) in [6.45, 7) is 4.67. The van der Waals surface area contributed by atoms with Gasteiger partial charge in [0.05, 0.1) is 23.2 Å². The van der Waals surface area contributed by atoms with Crippen LogP contribution in [0.5, 0.6) is 11.5 Å². The number of para-hydroxylation sites is 1. The quantitative estimate of drug-likeness (QED) is 0.340. The number of rotatable bonds is 8. The molecule has 0 aliphatic carbocycles. The predicted octanol–water partition coefficient (Wildman–Crippen LogP) is 5.02. The molecule has 0 bridgehead atoms. The Bertz CT molecular complexity index is 773. The molecule has 2 rings (SSSR count). The molecule has 138 valence electrons. The van der Waals surface area contributed by atoms with E-state index >= 15 is 0 Å². The Morgan fingerprint density at radius 3 is 2.46 bits per heavy atom. The molecule has 0 radical (unpaired) electrons. The largest absolute Gasteiger partial charge is 0.492 e. The van der Waals surface area contributed by atoms with Crippen molar-refractivity contribution >= 4 is 27.9 Å². The van der Waals surface area contributed by atoms with Crippen LogP contribution in [0.25, 0.3) is 0 Å². The number of benzene rings is 2. The average Bonchev–Trinajstić information content (AvgIpc) is 2.63. The van der Waals surface area contributed by atoms with E-state index in [-0.39, 0.29) is 17.9 Å². The van der Waals surface area contributed by atoms with Crippen LogP contribution in [0.15, 0.2) is 46.9 Å². The minimum Gasteiger partial charge on any atom is -0.492 e. The van der Waals surface area contributed by atoms with Crippen molar-refractivity contribution in [2.75, 3.05) is 13.2 Å². The maximum Gasteiger partial charge on any atom is 0.343 e. The number of halogens is 1. The summed E-state index contributed by atoms with van der Waals surface area (Å²) in [4.78, 5) is 24.4. The van der Waals surface area contributed by atoms with Gasteiger partial charge >= 0.3 is 11.9 Å². The average molecular weight is 421 g/mol. The molecule has 0 saturated heterocycles. The SMILES string of the molecule is CCCCOc1ccc(C(=O)Oc2ccccc2C(=O)OCC)cc1Br. The highest BCUT2D eigenvalue weighted by molar-refractivity contribution is 9.10. The van der Waals surface area contributed by atoms with Gasteiger partial charge in [-0.1, -0.05) is 25.5 Å². The molecule has 0 atom stereocenters. The summed E-state index contributed by atoms with van der Waals surface area (Å²) in [5.41, 5.74) is 0.555. The highest BCUT2D eigenvalue weighted by atomic mass is 79.9. The van der Waals surface area contributed by atoms with E-state index in [1.54, 1.807) is 49.4 Å². The summed E-state index contributed by atoms with van der Waals surface area (Å²) in [5.74, 6) is -0.267. The highest BCUT2D eigenvalue weighted by Crippen LogP contribution is 2.27. The molecular formula is C20H21BrO5. The monoisotopic (exact) mass is 420 g/mol. The van der Waals surface area contributed by atoms with E-state index in [2.05, 4.69) is 22.9 Å². The van der Waals surface area contributed by atoms with Crippen molar-refractivity contribution in [1.29, 1.82) is 0 Å². The van der Waals surface area contributed by atoms with Gasteiger partial charge in [-0.3, -0.25) is 0 Å². The zero-order valence-corrected chi connectivity index (χ0v) is 16.4.